The number of carbonyl (C=O) groups excluding carboxylic acids is 2. The van der Waals surface area contributed by atoms with Gasteiger partial charge in [0.25, 0.3) is 11.6 Å². The van der Waals surface area contributed by atoms with Crippen molar-refractivity contribution in [1.29, 1.82) is 0 Å². The van der Waals surface area contributed by atoms with Crippen molar-refractivity contribution in [3.63, 3.8) is 0 Å². The van der Waals surface area contributed by atoms with E-state index in [4.69, 9.17) is 5.11 Å². The monoisotopic (exact) mass is 542 g/mol. The number of hydrogen-bond donors (Lipinski definition) is 4. The Kier molecular flexibility index (Phi) is 9.24. The first-order valence-corrected chi connectivity index (χ1v) is 13.0. The first kappa shape index (κ1) is 28.0. The number of hydrogen-bond acceptors (Lipinski definition) is 5. The lowest BCUT2D eigenvalue weighted by atomic mass is 9.91. The molecule has 0 aliphatic heterocycles. The molecular weight excluding hydrogens is 512 g/mol. The summed E-state index contributed by atoms with van der Waals surface area (Å²) in [7, 11) is 0. The van der Waals surface area contributed by atoms with E-state index in [9.17, 15) is 24.5 Å². The molecule has 0 saturated heterocycles. The van der Waals surface area contributed by atoms with E-state index in [0.717, 1.165) is 30.4 Å². The van der Waals surface area contributed by atoms with Gasteiger partial charge in [-0.15, -0.1) is 0 Å². The molecule has 3 aromatic carbocycles. The van der Waals surface area contributed by atoms with Gasteiger partial charge in [-0.3, -0.25) is 19.7 Å². The quantitative estimate of drug-likeness (QED) is 0.191. The molecular formula is C30H30N4O6. The molecule has 0 heterocycles. The fourth-order valence-corrected chi connectivity index (χ4v) is 4.56. The van der Waals surface area contributed by atoms with Crippen molar-refractivity contribution in [2.75, 3.05) is 11.9 Å². The summed E-state index contributed by atoms with van der Waals surface area (Å²) >= 11 is 0. The molecule has 0 radical (unpaired) electrons. The number of aliphatic carboxylic acids is 1. The van der Waals surface area contributed by atoms with Crippen LogP contribution in [0.25, 0.3) is 5.57 Å². The van der Waals surface area contributed by atoms with Gasteiger partial charge in [-0.05, 0) is 66.1 Å². The summed E-state index contributed by atoms with van der Waals surface area (Å²) < 4.78 is 0. The smallest absolute Gasteiger partial charge is 0.319 e. The third kappa shape index (κ3) is 7.53. The van der Waals surface area contributed by atoms with E-state index in [1.165, 1.54) is 30.2 Å². The molecule has 40 heavy (non-hydrogen) atoms. The Labute approximate surface area is 231 Å². The van der Waals surface area contributed by atoms with Gasteiger partial charge in [0.2, 0.25) is 0 Å². The molecule has 206 valence electrons. The van der Waals surface area contributed by atoms with E-state index in [-0.39, 0.29) is 24.3 Å². The molecule has 0 aromatic heterocycles. The van der Waals surface area contributed by atoms with Crippen LogP contribution in [-0.2, 0) is 4.79 Å². The molecule has 0 saturated carbocycles. The third-order valence-electron chi connectivity index (χ3n) is 6.63. The minimum Gasteiger partial charge on any atom is -0.481 e. The number of rotatable bonds is 10. The van der Waals surface area contributed by atoms with E-state index in [1.807, 2.05) is 24.3 Å². The third-order valence-corrected chi connectivity index (χ3v) is 6.63. The van der Waals surface area contributed by atoms with Crippen LogP contribution >= 0.6 is 0 Å². The van der Waals surface area contributed by atoms with Gasteiger partial charge in [0.05, 0.1) is 17.4 Å². The van der Waals surface area contributed by atoms with E-state index < -0.39 is 28.9 Å². The number of carboxylic acid groups (broad SMARTS) is 1. The van der Waals surface area contributed by atoms with Crippen LogP contribution in [-0.4, -0.2) is 34.5 Å². The number of amides is 3. The minimum atomic E-state index is -1.00. The second-order valence-corrected chi connectivity index (χ2v) is 9.46. The highest BCUT2D eigenvalue weighted by molar-refractivity contribution is 5.94. The number of nitro benzene ring substituents is 1. The Bertz CT molecular complexity index is 1420. The van der Waals surface area contributed by atoms with Gasteiger partial charge in [0.15, 0.2) is 0 Å². The fourth-order valence-electron chi connectivity index (χ4n) is 4.56. The molecule has 0 spiro atoms. The predicted octanol–water partition coefficient (Wildman–Crippen LogP) is 5.67. The average Bonchev–Trinajstić information content (AvgIpc) is 2.96. The predicted molar refractivity (Wildman–Crippen MR) is 151 cm³/mol. The molecule has 4 N–H and O–H groups in total. The summed E-state index contributed by atoms with van der Waals surface area (Å²) in [5.41, 5.74) is 4.46. The van der Waals surface area contributed by atoms with Gasteiger partial charge < -0.3 is 21.1 Å². The van der Waals surface area contributed by atoms with Crippen LogP contribution in [0.15, 0.2) is 78.9 Å². The number of urea groups is 1. The summed E-state index contributed by atoms with van der Waals surface area (Å²) in [4.78, 5) is 46.7. The number of carbonyl (C=O) groups is 3. The Morgan fingerprint density at radius 3 is 2.27 bits per heavy atom. The maximum Gasteiger partial charge on any atom is 0.319 e. The highest BCUT2D eigenvalue weighted by Gasteiger charge is 2.19. The van der Waals surface area contributed by atoms with Crippen LogP contribution < -0.4 is 16.0 Å². The Morgan fingerprint density at radius 2 is 1.65 bits per heavy atom. The molecule has 4 rings (SSSR count). The lowest BCUT2D eigenvalue weighted by molar-refractivity contribution is -0.384. The zero-order valence-electron chi connectivity index (χ0n) is 21.8. The average molecular weight is 543 g/mol. The first-order chi connectivity index (χ1) is 19.3. The van der Waals surface area contributed by atoms with E-state index in [0.29, 0.717) is 11.1 Å². The lowest BCUT2D eigenvalue weighted by Gasteiger charge is -2.21. The largest absolute Gasteiger partial charge is 0.481 e. The topological polar surface area (TPSA) is 151 Å². The molecule has 1 unspecified atom stereocenters. The Hall–Kier alpha value is -4.99. The van der Waals surface area contributed by atoms with Gasteiger partial charge in [0, 0.05) is 29.9 Å². The standard InChI is InChI=1S/C30H30N4O6/c35-27(36)17-18-31-29(37)24-15-13-23(14-16-24)28(22-11-9-21(10-12-22)20-5-2-1-3-6-20)33-30(38)32-25-7-4-8-26(19-25)34(39)40/h4-5,7-16,19,28H,1-3,6,17-18H2,(H,31,37)(H,35,36)(H2,32,33,38). The molecule has 3 amide bonds. The van der Waals surface area contributed by atoms with Crippen molar-refractivity contribution >= 4 is 34.9 Å². The molecule has 10 heteroatoms. The van der Waals surface area contributed by atoms with Crippen LogP contribution in [0.2, 0.25) is 0 Å². The van der Waals surface area contributed by atoms with Crippen LogP contribution in [0.5, 0.6) is 0 Å². The summed E-state index contributed by atoms with van der Waals surface area (Å²) in [6.07, 6.45) is 6.54. The van der Waals surface area contributed by atoms with Crippen molar-refractivity contribution in [3.05, 3.63) is 111 Å². The number of carboxylic acids is 1. The number of benzene rings is 3. The second kappa shape index (κ2) is 13.2. The molecule has 1 aliphatic carbocycles. The van der Waals surface area contributed by atoms with Gasteiger partial charge in [-0.1, -0.05) is 48.5 Å². The molecule has 1 atom stereocenters. The van der Waals surface area contributed by atoms with Gasteiger partial charge in [-0.25, -0.2) is 4.79 Å². The van der Waals surface area contributed by atoms with Crippen LogP contribution in [0.4, 0.5) is 16.2 Å². The minimum absolute atomic E-state index is 0.0146. The Morgan fingerprint density at radius 1 is 0.950 bits per heavy atom. The van der Waals surface area contributed by atoms with Gasteiger partial charge >= 0.3 is 12.0 Å². The SMILES string of the molecule is O=C(O)CCNC(=O)c1ccc(C(NC(=O)Nc2cccc([N+](=O)[O-])c2)c2ccc(C3=CCCCC3)cc2)cc1. The summed E-state index contributed by atoms with van der Waals surface area (Å²) in [6, 6.07) is 19.2. The maximum atomic E-state index is 13.0. The zero-order chi connectivity index (χ0) is 28.5. The number of nitro groups is 1. The van der Waals surface area contributed by atoms with Crippen molar-refractivity contribution < 1.29 is 24.4 Å². The van der Waals surface area contributed by atoms with Gasteiger partial charge in [-0.2, -0.15) is 0 Å². The van der Waals surface area contributed by atoms with E-state index >= 15 is 0 Å². The molecule has 0 bridgehead atoms. The molecule has 10 nitrogen and oxygen atoms in total. The lowest BCUT2D eigenvalue weighted by Crippen LogP contribution is -2.33. The van der Waals surface area contributed by atoms with Crippen LogP contribution in [0.3, 0.4) is 0 Å². The summed E-state index contributed by atoms with van der Waals surface area (Å²) in [6.45, 7) is 0.0146. The van der Waals surface area contributed by atoms with Crippen LogP contribution in [0, 0.1) is 10.1 Å². The number of anilines is 1. The normalized spacial score (nSPS) is 13.4. The molecule has 3 aromatic rings. The van der Waals surface area contributed by atoms with Crippen molar-refractivity contribution in [3.8, 4) is 0 Å². The number of non-ortho nitro benzene ring substituents is 1. The van der Waals surface area contributed by atoms with E-state index in [2.05, 4.69) is 22.0 Å². The van der Waals surface area contributed by atoms with Gasteiger partial charge in [0.1, 0.15) is 0 Å². The maximum absolute atomic E-state index is 13.0. The van der Waals surface area contributed by atoms with Crippen molar-refractivity contribution in [2.45, 2.75) is 38.1 Å². The zero-order valence-corrected chi connectivity index (χ0v) is 21.8. The fraction of sp³-hybridized carbons (Fsp3) is 0.233. The summed E-state index contributed by atoms with van der Waals surface area (Å²) in [5.74, 6) is -1.40. The second-order valence-electron chi connectivity index (χ2n) is 9.46. The highest BCUT2D eigenvalue weighted by atomic mass is 16.6. The number of allylic oxidation sites excluding steroid dienone is 2. The van der Waals surface area contributed by atoms with Crippen molar-refractivity contribution in [2.24, 2.45) is 0 Å². The van der Waals surface area contributed by atoms with E-state index in [1.54, 1.807) is 30.3 Å². The number of nitrogens with one attached hydrogen (secondary N) is 3. The number of nitrogens with zero attached hydrogens (tertiary/aromatic N) is 1. The molecule has 1 aliphatic rings. The first-order valence-electron chi connectivity index (χ1n) is 13.0. The van der Waals surface area contributed by atoms with Crippen molar-refractivity contribution in [1.82, 2.24) is 10.6 Å². The van der Waals surface area contributed by atoms with Crippen LogP contribution in [0.1, 0.15) is 65.2 Å². The molecule has 0 fully saturated rings. The highest BCUT2D eigenvalue weighted by Crippen LogP contribution is 2.29. The summed E-state index contributed by atoms with van der Waals surface area (Å²) in [5, 5.41) is 28.0. The Balaban J connectivity index is 1.55.